The molecule has 0 N–H and O–H groups in total. The molecular weight excluding hydrogens is 462 g/mol. The van der Waals surface area contributed by atoms with Crippen LogP contribution in [0.5, 0.6) is 0 Å². The predicted molar refractivity (Wildman–Crippen MR) is 128 cm³/mol. The van der Waals surface area contributed by atoms with Crippen molar-refractivity contribution in [1.82, 2.24) is 9.21 Å². The second-order valence-electron chi connectivity index (χ2n) is 8.57. The minimum Gasteiger partial charge on any atom is -0.307 e. The molecule has 2 heterocycles. The number of piperazine rings is 1. The molecule has 2 saturated heterocycles. The lowest BCUT2D eigenvalue weighted by atomic mass is 10.1. The van der Waals surface area contributed by atoms with E-state index in [0.29, 0.717) is 38.3 Å². The normalized spacial score (nSPS) is 21.6. The maximum absolute atomic E-state index is 13.3. The summed E-state index contributed by atoms with van der Waals surface area (Å²) >= 11 is 0. The molecule has 1 unspecified atom stereocenters. The van der Waals surface area contributed by atoms with Crippen molar-refractivity contribution in [2.45, 2.75) is 18.2 Å². The van der Waals surface area contributed by atoms with Gasteiger partial charge in [-0.15, -0.1) is 0 Å². The number of sulfonamides is 1. The zero-order valence-corrected chi connectivity index (χ0v) is 20.0. The lowest BCUT2D eigenvalue weighted by molar-refractivity contribution is -0.120. The van der Waals surface area contributed by atoms with Crippen LogP contribution in [0, 0.1) is 0 Å². The van der Waals surface area contributed by atoms with Crippen LogP contribution in [-0.2, 0) is 30.4 Å². The van der Waals surface area contributed by atoms with E-state index >= 15 is 0 Å². The number of benzene rings is 2. The van der Waals surface area contributed by atoms with Gasteiger partial charge in [-0.25, -0.2) is 16.8 Å². The van der Waals surface area contributed by atoms with Crippen LogP contribution in [0.15, 0.2) is 60.7 Å². The lowest BCUT2D eigenvalue weighted by Gasteiger charge is -2.36. The lowest BCUT2D eigenvalue weighted by Crippen LogP contribution is -2.53. The molecule has 10 heteroatoms. The highest BCUT2D eigenvalue weighted by Crippen LogP contribution is 2.25. The number of hydrogen-bond acceptors (Lipinski definition) is 6. The average molecular weight is 492 g/mol. The van der Waals surface area contributed by atoms with Crippen molar-refractivity contribution < 1.29 is 21.6 Å². The first kappa shape index (κ1) is 23.9. The van der Waals surface area contributed by atoms with E-state index in [0.717, 1.165) is 5.56 Å². The number of rotatable bonds is 7. The smallest absolute Gasteiger partial charge is 0.241 e. The van der Waals surface area contributed by atoms with Crippen LogP contribution in [0.1, 0.15) is 12.0 Å². The van der Waals surface area contributed by atoms with E-state index in [1.165, 1.54) is 4.31 Å². The molecule has 2 aliphatic heterocycles. The largest absolute Gasteiger partial charge is 0.307 e. The molecule has 33 heavy (non-hydrogen) atoms. The van der Waals surface area contributed by atoms with Gasteiger partial charge >= 0.3 is 0 Å². The summed E-state index contributed by atoms with van der Waals surface area (Å²) in [6, 6.07) is 17.9. The van der Waals surface area contributed by atoms with Crippen molar-refractivity contribution in [1.29, 1.82) is 0 Å². The molecule has 0 bridgehead atoms. The van der Waals surface area contributed by atoms with E-state index in [1.807, 2.05) is 53.4 Å². The molecule has 178 valence electrons. The van der Waals surface area contributed by atoms with E-state index in [-0.39, 0.29) is 35.8 Å². The Balaban J connectivity index is 1.39. The summed E-state index contributed by atoms with van der Waals surface area (Å²) in [4.78, 5) is 16.8. The van der Waals surface area contributed by atoms with Crippen LogP contribution in [-0.4, -0.2) is 82.2 Å². The van der Waals surface area contributed by atoms with Crippen molar-refractivity contribution in [3.8, 4) is 0 Å². The second-order valence-corrected chi connectivity index (χ2v) is 12.8. The standard InChI is InChI=1S/C23H29N3O5S2/c27-23(26(21-9-5-2-6-10-21)22-11-16-32(28,29)19-22)17-24-12-14-25(15-13-24)33(30,31)18-20-7-3-1-4-8-20/h1-10,22H,11-19H2. The van der Waals surface area contributed by atoms with Gasteiger partial charge in [-0.05, 0) is 24.1 Å². The minimum absolute atomic E-state index is 0.0286. The Kier molecular flexibility index (Phi) is 7.18. The van der Waals surface area contributed by atoms with Gasteiger partial charge in [0.2, 0.25) is 15.9 Å². The molecule has 2 fully saturated rings. The Morgan fingerprint density at radius 3 is 2.12 bits per heavy atom. The number of carbonyl (C=O) groups excluding carboxylic acids is 1. The second kappa shape index (κ2) is 9.92. The zero-order chi connectivity index (χ0) is 23.5. The van der Waals surface area contributed by atoms with Crippen molar-refractivity contribution in [2.75, 3.05) is 49.1 Å². The van der Waals surface area contributed by atoms with Gasteiger partial charge in [0.15, 0.2) is 9.84 Å². The van der Waals surface area contributed by atoms with Crippen LogP contribution >= 0.6 is 0 Å². The van der Waals surface area contributed by atoms with Gasteiger partial charge in [-0.3, -0.25) is 9.69 Å². The first-order valence-electron chi connectivity index (χ1n) is 11.1. The van der Waals surface area contributed by atoms with E-state index in [1.54, 1.807) is 17.0 Å². The van der Waals surface area contributed by atoms with Gasteiger partial charge in [-0.2, -0.15) is 4.31 Å². The summed E-state index contributed by atoms with van der Waals surface area (Å²) < 4.78 is 51.1. The van der Waals surface area contributed by atoms with Gasteiger partial charge in [0.05, 0.1) is 29.8 Å². The fraction of sp³-hybridized carbons (Fsp3) is 0.435. The first-order valence-corrected chi connectivity index (χ1v) is 14.5. The average Bonchev–Trinajstić information content (AvgIpc) is 3.14. The van der Waals surface area contributed by atoms with Crippen LogP contribution in [0.4, 0.5) is 5.69 Å². The Hall–Kier alpha value is -2.27. The van der Waals surface area contributed by atoms with Crippen LogP contribution in [0.2, 0.25) is 0 Å². The van der Waals surface area contributed by atoms with Gasteiger partial charge in [0, 0.05) is 31.9 Å². The van der Waals surface area contributed by atoms with E-state index in [4.69, 9.17) is 0 Å². The van der Waals surface area contributed by atoms with Gasteiger partial charge in [0.25, 0.3) is 0 Å². The number of amides is 1. The maximum atomic E-state index is 13.3. The highest BCUT2D eigenvalue weighted by atomic mass is 32.2. The molecule has 1 atom stereocenters. The molecular formula is C23H29N3O5S2. The SMILES string of the molecule is O=C(CN1CCN(S(=O)(=O)Cc2ccccc2)CC1)N(c1ccccc1)C1CCS(=O)(=O)C1. The van der Waals surface area contributed by atoms with Crippen molar-refractivity contribution in [2.24, 2.45) is 0 Å². The number of sulfone groups is 1. The molecule has 0 radical (unpaired) electrons. The highest BCUT2D eigenvalue weighted by molar-refractivity contribution is 7.91. The third-order valence-electron chi connectivity index (χ3n) is 6.15. The summed E-state index contributed by atoms with van der Waals surface area (Å²) in [6.45, 7) is 1.67. The minimum atomic E-state index is -3.43. The Morgan fingerprint density at radius 1 is 0.939 bits per heavy atom. The van der Waals surface area contributed by atoms with E-state index < -0.39 is 19.9 Å². The van der Waals surface area contributed by atoms with Crippen molar-refractivity contribution in [3.05, 3.63) is 66.2 Å². The van der Waals surface area contributed by atoms with Crippen molar-refractivity contribution >= 4 is 31.5 Å². The molecule has 1 amide bonds. The molecule has 0 spiro atoms. The molecule has 2 aliphatic rings. The van der Waals surface area contributed by atoms with Gasteiger partial charge < -0.3 is 4.90 Å². The number of hydrogen-bond donors (Lipinski definition) is 0. The fourth-order valence-electron chi connectivity index (χ4n) is 4.44. The van der Waals surface area contributed by atoms with Gasteiger partial charge in [0.1, 0.15) is 0 Å². The molecule has 2 aromatic rings. The summed E-state index contributed by atoms with van der Waals surface area (Å²) in [7, 11) is -6.57. The topological polar surface area (TPSA) is 95.1 Å². The summed E-state index contributed by atoms with van der Waals surface area (Å²) in [6.07, 6.45) is 0.425. The van der Waals surface area contributed by atoms with Crippen LogP contribution < -0.4 is 4.90 Å². The quantitative estimate of drug-likeness (QED) is 0.580. The number of anilines is 1. The van der Waals surface area contributed by atoms with Crippen LogP contribution in [0.25, 0.3) is 0 Å². The van der Waals surface area contributed by atoms with E-state index in [2.05, 4.69) is 0 Å². The third kappa shape index (κ3) is 6.00. The molecule has 0 aromatic heterocycles. The third-order valence-corrected chi connectivity index (χ3v) is 9.75. The summed E-state index contributed by atoms with van der Waals surface area (Å²) in [5, 5.41) is 0. The molecule has 2 aromatic carbocycles. The highest BCUT2D eigenvalue weighted by Gasteiger charge is 2.36. The maximum Gasteiger partial charge on any atom is 0.241 e. The molecule has 8 nitrogen and oxygen atoms in total. The number of nitrogens with zero attached hydrogens (tertiary/aromatic N) is 3. The summed E-state index contributed by atoms with van der Waals surface area (Å²) in [5.41, 5.74) is 1.44. The molecule has 0 aliphatic carbocycles. The predicted octanol–water partition coefficient (Wildman–Crippen LogP) is 1.35. The Bertz CT molecular complexity index is 1160. The first-order chi connectivity index (χ1) is 15.7. The van der Waals surface area contributed by atoms with E-state index in [9.17, 15) is 21.6 Å². The van der Waals surface area contributed by atoms with Crippen molar-refractivity contribution in [3.63, 3.8) is 0 Å². The Labute approximate surface area is 195 Å². The fourth-order valence-corrected chi connectivity index (χ4v) is 7.65. The molecule has 4 rings (SSSR count). The zero-order valence-electron chi connectivity index (χ0n) is 18.4. The summed E-state index contributed by atoms with van der Waals surface area (Å²) in [5.74, 6) is -0.139. The number of carbonyl (C=O) groups is 1. The molecule has 0 saturated carbocycles. The van der Waals surface area contributed by atoms with Crippen LogP contribution in [0.3, 0.4) is 0 Å². The van der Waals surface area contributed by atoms with Gasteiger partial charge in [-0.1, -0.05) is 48.5 Å². The monoisotopic (exact) mass is 491 g/mol. The number of para-hydroxylation sites is 1. The Morgan fingerprint density at radius 2 is 1.55 bits per heavy atom.